The van der Waals surface area contributed by atoms with E-state index >= 15 is 0 Å². The van der Waals surface area contributed by atoms with Crippen molar-refractivity contribution in [2.45, 2.75) is 20.4 Å². The van der Waals surface area contributed by atoms with E-state index in [1.54, 1.807) is 12.1 Å². The molecule has 0 spiro atoms. The van der Waals surface area contributed by atoms with Crippen molar-refractivity contribution in [3.8, 4) is 5.82 Å². The molecular formula is C14H14N6O3. The zero-order valence-corrected chi connectivity index (χ0v) is 12.6. The summed E-state index contributed by atoms with van der Waals surface area (Å²) in [4.78, 5) is 19.0. The van der Waals surface area contributed by atoms with Crippen molar-refractivity contribution < 1.29 is 9.34 Å². The normalized spacial score (nSPS) is 10.7. The molecule has 0 amide bonds. The SMILES string of the molecule is Cc1cc(C)n(-c2ncnc(NCc3ccco3)c2[N+](=O)[O-])n1. The Morgan fingerprint density at radius 1 is 1.39 bits per heavy atom. The van der Waals surface area contributed by atoms with Crippen molar-refractivity contribution in [3.63, 3.8) is 0 Å². The Bertz CT molecular complexity index is 840. The monoisotopic (exact) mass is 314 g/mol. The molecule has 3 rings (SSSR count). The predicted octanol–water partition coefficient (Wildman–Crippen LogP) is 2.39. The molecule has 0 aliphatic carbocycles. The molecule has 0 saturated carbocycles. The van der Waals surface area contributed by atoms with E-state index in [1.807, 2.05) is 19.9 Å². The fourth-order valence-electron chi connectivity index (χ4n) is 2.25. The lowest BCUT2D eigenvalue weighted by Gasteiger charge is -2.08. The van der Waals surface area contributed by atoms with Crippen LogP contribution >= 0.6 is 0 Å². The minimum atomic E-state index is -0.518. The van der Waals surface area contributed by atoms with E-state index < -0.39 is 4.92 Å². The first-order chi connectivity index (χ1) is 11.1. The summed E-state index contributed by atoms with van der Waals surface area (Å²) in [5.74, 6) is 0.882. The molecule has 0 fully saturated rings. The summed E-state index contributed by atoms with van der Waals surface area (Å²) < 4.78 is 6.64. The molecular weight excluding hydrogens is 300 g/mol. The number of hydrogen-bond donors (Lipinski definition) is 1. The number of rotatable bonds is 5. The second-order valence-corrected chi connectivity index (χ2v) is 4.92. The largest absolute Gasteiger partial charge is 0.467 e. The standard InChI is InChI=1S/C14H14N6O3/c1-9-6-10(2)19(18-9)14-12(20(21)22)13(16-8-17-14)15-7-11-4-3-5-23-11/h3-6,8H,7H2,1-2H3,(H,15,16,17). The maximum absolute atomic E-state index is 11.5. The molecule has 0 aliphatic heterocycles. The van der Waals surface area contributed by atoms with Crippen LogP contribution in [-0.2, 0) is 6.54 Å². The zero-order valence-electron chi connectivity index (χ0n) is 12.6. The summed E-state index contributed by atoms with van der Waals surface area (Å²) in [5, 5.41) is 18.7. The molecule has 0 saturated heterocycles. The topological polar surface area (TPSA) is 112 Å². The van der Waals surface area contributed by atoms with Crippen LogP contribution in [0.2, 0.25) is 0 Å². The molecule has 118 valence electrons. The third-order valence-electron chi connectivity index (χ3n) is 3.21. The Morgan fingerprint density at radius 3 is 2.83 bits per heavy atom. The molecule has 0 aromatic carbocycles. The van der Waals surface area contributed by atoms with Crippen molar-refractivity contribution in [2.75, 3.05) is 5.32 Å². The minimum Gasteiger partial charge on any atom is -0.467 e. The van der Waals surface area contributed by atoms with Gasteiger partial charge in [0.2, 0.25) is 11.6 Å². The summed E-state index contributed by atoms with van der Waals surface area (Å²) in [5.41, 5.74) is 1.27. The van der Waals surface area contributed by atoms with Gasteiger partial charge >= 0.3 is 5.69 Å². The molecule has 0 radical (unpaired) electrons. The molecule has 9 heteroatoms. The molecule has 3 aromatic rings. The number of aryl methyl sites for hydroxylation is 2. The molecule has 9 nitrogen and oxygen atoms in total. The van der Waals surface area contributed by atoms with E-state index in [0.717, 1.165) is 11.4 Å². The lowest BCUT2D eigenvalue weighted by molar-refractivity contribution is -0.384. The van der Waals surface area contributed by atoms with Crippen molar-refractivity contribution in [1.29, 1.82) is 0 Å². The molecule has 1 N–H and O–H groups in total. The quantitative estimate of drug-likeness (QED) is 0.568. The summed E-state index contributed by atoms with van der Waals surface area (Å²) in [7, 11) is 0. The lowest BCUT2D eigenvalue weighted by atomic mass is 10.3. The second kappa shape index (κ2) is 5.87. The van der Waals surface area contributed by atoms with Crippen molar-refractivity contribution >= 4 is 11.5 Å². The van der Waals surface area contributed by atoms with Gasteiger partial charge in [-0.2, -0.15) is 5.10 Å². The van der Waals surface area contributed by atoms with Crippen LogP contribution in [0.1, 0.15) is 17.1 Å². The van der Waals surface area contributed by atoms with E-state index in [0.29, 0.717) is 5.76 Å². The number of nitro groups is 1. The Labute approximate surface area is 131 Å². The third kappa shape index (κ3) is 2.89. The van der Waals surface area contributed by atoms with E-state index in [4.69, 9.17) is 4.42 Å². The van der Waals surface area contributed by atoms with Crippen LogP contribution in [0.15, 0.2) is 35.2 Å². The van der Waals surface area contributed by atoms with Gasteiger partial charge in [-0.25, -0.2) is 14.6 Å². The lowest BCUT2D eigenvalue weighted by Crippen LogP contribution is -2.11. The average molecular weight is 314 g/mol. The fraction of sp³-hybridized carbons (Fsp3) is 0.214. The van der Waals surface area contributed by atoms with Crippen LogP contribution in [0.5, 0.6) is 0 Å². The van der Waals surface area contributed by atoms with Crippen LogP contribution < -0.4 is 5.32 Å². The van der Waals surface area contributed by atoms with Crippen LogP contribution in [0, 0.1) is 24.0 Å². The van der Waals surface area contributed by atoms with Gasteiger partial charge in [0.05, 0.1) is 23.4 Å². The van der Waals surface area contributed by atoms with Gasteiger partial charge < -0.3 is 9.73 Å². The Balaban J connectivity index is 2.02. The maximum Gasteiger partial charge on any atom is 0.355 e. The molecule has 0 atom stereocenters. The van der Waals surface area contributed by atoms with Crippen molar-refractivity contribution in [1.82, 2.24) is 19.7 Å². The van der Waals surface area contributed by atoms with E-state index in [1.165, 1.54) is 17.3 Å². The summed E-state index contributed by atoms with van der Waals surface area (Å²) in [6.45, 7) is 3.90. The Hall–Kier alpha value is -3.23. The van der Waals surface area contributed by atoms with E-state index in [2.05, 4.69) is 20.4 Å². The van der Waals surface area contributed by atoms with Crippen LogP contribution in [0.3, 0.4) is 0 Å². The van der Waals surface area contributed by atoms with Gasteiger partial charge in [-0.3, -0.25) is 10.1 Å². The Morgan fingerprint density at radius 2 is 2.22 bits per heavy atom. The highest BCUT2D eigenvalue weighted by Crippen LogP contribution is 2.28. The molecule has 3 aromatic heterocycles. The smallest absolute Gasteiger partial charge is 0.355 e. The number of furan rings is 1. The number of aromatic nitrogens is 4. The average Bonchev–Trinajstić information content (AvgIpc) is 3.13. The van der Waals surface area contributed by atoms with Crippen LogP contribution in [-0.4, -0.2) is 24.7 Å². The second-order valence-electron chi connectivity index (χ2n) is 4.92. The molecule has 0 aliphatic rings. The van der Waals surface area contributed by atoms with Crippen molar-refractivity contribution in [3.05, 3.63) is 58.1 Å². The van der Waals surface area contributed by atoms with Gasteiger partial charge in [0.1, 0.15) is 12.1 Å². The van der Waals surface area contributed by atoms with Gasteiger partial charge in [-0.1, -0.05) is 0 Å². The number of nitrogens with zero attached hydrogens (tertiary/aromatic N) is 5. The summed E-state index contributed by atoms with van der Waals surface area (Å²) in [6.07, 6.45) is 2.80. The Kier molecular flexibility index (Phi) is 3.75. The molecule has 0 bridgehead atoms. The van der Waals surface area contributed by atoms with E-state index in [-0.39, 0.29) is 23.9 Å². The zero-order chi connectivity index (χ0) is 16.4. The molecule has 23 heavy (non-hydrogen) atoms. The highest BCUT2D eigenvalue weighted by molar-refractivity contribution is 5.64. The summed E-state index contributed by atoms with van der Waals surface area (Å²) >= 11 is 0. The first kappa shape index (κ1) is 14.7. The number of anilines is 1. The highest BCUT2D eigenvalue weighted by Gasteiger charge is 2.25. The molecule has 3 heterocycles. The predicted molar refractivity (Wildman–Crippen MR) is 81.3 cm³/mol. The molecule has 0 unspecified atom stereocenters. The van der Waals surface area contributed by atoms with Gasteiger partial charge in [0.25, 0.3) is 0 Å². The third-order valence-corrected chi connectivity index (χ3v) is 3.21. The van der Waals surface area contributed by atoms with Gasteiger partial charge in [-0.15, -0.1) is 0 Å². The minimum absolute atomic E-state index is 0.115. The number of nitrogens with one attached hydrogen (secondary N) is 1. The first-order valence-electron chi connectivity index (χ1n) is 6.85. The van der Waals surface area contributed by atoms with Gasteiger partial charge in [0, 0.05) is 5.69 Å². The van der Waals surface area contributed by atoms with Gasteiger partial charge in [0.15, 0.2) is 0 Å². The summed E-state index contributed by atoms with van der Waals surface area (Å²) in [6, 6.07) is 5.33. The number of hydrogen-bond acceptors (Lipinski definition) is 7. The highest BCUT2D eigenvalue weighted by atomic mass is 16.6. The van der Waals surface area contributed by atoms with Gasteiger partial charge in [-0.05, 0) is 32.0 Å². The van der Waals surface area contributed by atoms with Crippen LogP contribution in [0.25, 0.3) is 5.82 Å². The van der Waals surface area contributed by atoms with E-state index in [9.17, 15) is 10.1 Å². The first-order valence-corrected chi connectivity index (χ1v) is 6.85. The van der Waals surface area contributed by atoms with Crippen molar-refractivity contribution in [2.24, 2.45) is 0 Å². The van der Waals surface area contributed by atoms with Crippen LogP contribution in [0.4, 0.5) is 11.5 Å². The fourth-order valence-corrected chi connectivity index (χ4v) is 2.25. The maximum atomic E-state index is 11.5.